The van der Waals surface area contributed by atoms with Gasteiger partial charge in [0, 0.05) is 0 Å². The SMILES string of the molecule is Cc1ccccc1Oc1cnn(C2CCCCC2)c1. The summed E-state index contributed by atoms with van der Waals surface area (Å²) in [7, 11) is 0. The van der Waals surface area contributed by atoms with E-state index in [9.17, 15) is 0 Å². The molecule has 1 heterocycles. The second-order valence-corrected chi connectivity index (χ2v) is 5.32. The highest BCUT2D eigenvalue weighted by atomic mass is 16.5. The fourth-order valence-corrected chi connectivity index (χ4v) is 2.72. The predicted molar refractivity (Wildman–Crippen MR) is 75.6 cm³/mol. The Balaban J connectivity index is 1.73. The molecule has 1 aliphatic carbocycles. The van der Waals surface area contributed by atoms with E-state index in [1.54, 1.807) is 0 Å². The van der Waals surface area contributed by atoms with Gasteiger partial charge in [-0.25, -0.2) is 0 Å². The first-order valence-corrected chi connectivity index (χ1v) is 7.10. The topological polar surface area (TPSA) is 27.1 Å². The Morgan fingerprint density at radius 2 is 1.95 bits per heavy atom. The van der Waals surface area contributed by atoms with E-state index in [4.69, 9.17) is 4.74 Å². The fourth-order valence-electron chi connectivity index (χ4n) is 2.72. The first-order valence-electron chi connectivity index (χ1n) is 7.10. The number of hydrogen-bond acceptors (Lipinski definition) is 2. The second kappa shape index (κ2) is 5.47. The van der Waals surface area contributed by atoms with Crippen LogP contribution >= 0.6 is 0 Å². The number of aryl methyl sites for hydroxylation is 1. The number of benzene rings is 1. The summed E-state index contributed by atoms with van der Waals surface area (Å²) in [6.07, 6.45) is 10.3. The van der Waals surface area contributed by atoms with E-state index in [-0.39, 0.29) is 0 Å². The molecule has 1 saturated carbocycles. The van der Waals surface area contributed by atoms with Crippen molar-refractivity contribution in [1.29, 1.82) is 0 Å². The van der Waals surface area contributed by atoms with Crippen LogP contribution in [0.1, 0.15) is 43.7 Å². The zero-order valence-electron chi connectivity index (χ0n) is 11.4. The third kappa shape index (κ3) is 2.80. The normalized spacial score (nSPS) is 16.5. The molecule has 2 aromatic rings. The molecule has 1 aliphatic rings. The van der Waals surface area contributed by atoms with Gasteiger partial charge in [-0.15, -0.1) is 0 Å². The quantitative estimate of drug-likeness (QED) is 0.809. The molecule has 0 unspecified atom stereocenters. The highest BCUT2D eigenvalue weighted by Crippen LogP contribution is 2.30. The smallest absolute Gasteiger partial charge is 0.165 e. The average molecular weight is 256 g/mol. The molecule has 19 heavy (non-hydrogen) atoms. The van der Waals surface area contributed by atoms with E-state index in [0.717, 1.165) is 17.1 Å². The van der Waals surface area contributed by atoms with Gasteiger partial charge >= 0.3 is 0 Å². The maximum Gasteiger partial charge on any atom is 0.165 e. The van der Waals surface area contributed by atoms with Crippen LogP contribution in [0.2, 0.25) is 0 Å². The lowest BCUT2D eigenvalue weighted by Crippen LogP contribution is -2.12. The van der Waals surface area contributed by atoms with Crippen LogP contribution in [0.4, 0.5) is 0 Å². The molecule has 3 rings (SSSR count). The van der Waals surface area contributed by atoms with Gasteiger partial charge in [-0.1, -0.05) is 37.5 Å². The van der Waals surface area contributed by atoms with Crippen LogP contribution in [-0.2, 0) is 0 Å². The number of nitrogens with zero attached hydrogens (tertiary/aromatic N) is 2. The van der Waals surface area contributed by atoms with Gasteiger partial charge in [-0.3, -0.25) is 4.68 Å². The summed E-state index contributed by atoms with van der Waals surface area (Å²) in [6, 6.07) is 8.62. The van der Waals surface area contributed by atoms with Crippen LogP contribution in [0.25, 0.3) is 0 Å². The van der Waals surface area contributed by atoms with Crippen LogP contribution in [0.15, 0.2) is 36.7 Å². The molecule has 0 spiro atoms. The Labute approximate surface area is 114 Å². The Hall–Kier alpha value is -1.77. The van der Waals surface area contributed by atoms with Crippen LogP contribution < -0.4 is 4.74 Å². The molecular formula is C16H20N2O. The van der Waals surface area contributed by atoms with Gasteiger partial charge in [0.15, 0.2) is 5.75 Å². The van der Waals surface area contributed by atoms with E-state index in [2.05, 4.69) is 22.8 Å². The van der Waals surface area contributed by atoms with Gasteiger partial charge in [-0.2, -0.15) is 5.10 Å². The van der Waals surface area contributed by atoms with Crippen LogP contribution in [0, 0.1) is 6.92 Å². The minimum absolute atomic E-state index is 0.558. The van der Waals surface area contributed by atoms with Crippen LogP contribution in [0.3, 0.4) is 0 Å². The van der Waals surface area contributed by atoms with E-state index >= 15 is 0 Å². The summed E-state index contributed by atoms with van der Waals surface area (Å²) in [5, 5.41) is 4.46. The predicted octanol–water partition coefficient (Wildman–Crippen LogP) is 4.49. The van der Waals surface area contributed by atoms with Crippen molar-refractivity contribution in [2.45, 2.75) is 45.1 Å². The van der Waals surface area contributed by atoms with Crippen molar-refractivity contribution in [2.75, 3.05) is 0 Å². The molecule has 0 atom stereocenters. The number of ether oxygens (including phenoxy) is 1. The van der Waals surface area contributed by atoms with Gasteiger partial charge < -0.3 is 4.74 Å². The van der Waals surface area contributed by atoms with E-state index < -0.39 is 0 Å². The van der Waals surface area contributed by atoms with Crippen molar-refractivity contribution >= 4 is 0 Å². The molecule has 1 fully saturated rings. The average Bonchev–Trinajstić information content (AvgIpc) is 2.91. The van der Waals surface area contributed by atoms with Crippen molar-refractivity contribution in [2.24, 2.45) is 0 Å². The summed E-state index contributed by atoms with van der Waals surface area (Å²) < 4.78 is 7.97. The molecule has 0 amide bonds. The summed E-state index contributed by atoms with van der Waals surface area (Å²) in [5.74, 6) is 1.74. The second-order valence-electron chi connectivity index (χ2n) is 5.32. The van der Waals surface area contributed by atoms with Gasteiger partial charge in [-0.05, 0) is 31.4 Å². The van der Waals surface area contributed by atoms with Gasteiger partial charge in [0.05, 0.1) is 18.4 Å². The molecule has 0 radical (unpaired) electrons. The van der Waals surface area contributed by atoms with Gasteiger partial charge in [0.1, 0.15) is 5.75 Å². The van der Waals surface area contributed by atoms with Gasteiger partial charge in [0.25, 0.3) is 0 Å². The molecule has 0 N–H and O–H groups in total. The molecule has 0 saturated heterocycles. The molecule has 0 aliphatic heterocycles. The molecule has 1 aromatic carbocycles. The number of aromatic nitrogens is 2. The molecule has 1 aromatic heterocycles. The van der Waals surface area contributed by atoms with Crippen LogP contribution in [0.5, 0.6) is 11.5 Å². The first-order chi connectivity index (χ1) is 9.33. The Morgan fingerprint density at radius 3 is 2.74 bits per heavy atom. The van der Waals surface area contributed by atoms with E-state index in [1.165, 1.54) is 32.1 Å². The lowest BCUT2D eigenvalue weighted by atomic mass is 9.96. The summed E-state index contributed by atoms with van der Waals surface area (Å²) in [4.78, 5) is 0. The largest absolute Gasteiger partial charge is 0.454 e. The monoisotopic (exact) mass is 256 g/mol. The summed E-state index contributed by atoms with van der Waals surface area (Å²) in [5.41, 5.74) is 1.15. The third-order valence-electron chi connectivity index (χ3n) is 3.85. The zero-order valence-corrected chi connectivity index (χ0v) is 11.4. The van der Waals surface area contributed by atoms with Crippen molar-refractivity contribution in [3.8, 4) is 11.5 Å². The Bertz CT molecular complexity index is 541. The Morgan fingerprint density at radius 1 is 1.16 bits per heavy atom. The number of para-hydroxylation sites is 1. The Kier molecular flexibility index (Phi) is 3.53. The first kappa shape index (κ1) is 12.3. The molecule has 0 bridgehead atoms. The maximum atomic E-state index is 5.90. The van der Waals surface area contributed by atoms with Crippen molar-refractivity contribution < 1.29 is 4.74 Å². The standard InChI is InChI=1S/C16H20N2O/c1-13-7-5-6-10-16(13)19-15-11-17-18(12-15)14-8-3-2-4-9-14/h5-7,10-12,14H,2-4,8-9H2,1H3. The molecule has 100 valence electrons. The van der Waals surface area contributed by atoms with E-state index in [1.807, 2.05) is 30.6 Å². The summed E-state index contributed by atoms with van der Waals surface area (Å²) in [6.45, 7) is 2.06. The van der Waals surface area contributed by atoms with E-state index in [0.29, 0.717) is 6.04 Å². The van der Waals surface area contributed by atoms with Crippen molar-refractivity contribution in [3.63, 3.8) is 0 Å². The third-order valence-corrected chi connectivity index (χ3v) is 3.85. The zero-order chi connectivity index (χ0) is 13.1. The lowest BCUT2D eigenvalue weighted by molar-refractivity contribution is 0.328. The molecule has 3 heteroatoms. The molecule has 3 nitrogen and oxygen atoms in total. The number of rotatable bonds is 3. The highest BCUT2D eigenvalue weighted by Gasteiger charge is 2.16. The highest BCUT2D eigenvalue weighted by molar-refractivity contribution is 5.35. The summed E-state index contributed by atoms with van der Waals surface area (Å²) >= 11 is 0. The van der Waals surface area contributed by atoms with Crippen LogP contribution in [-0.4, -0.2) is 9.78 Å². The fraction of sp³-hybridized carbons (Fsp3) is 0.438. The lowest BCUT2D eigenvalue weighted by Gasteiger charge is -2.21. The molecular weight excluding hydrogens is 236 g/mol. The maximum absolute atomic E-state index is 5.90. The minimum atomic E-state index is 0.558. The van der Waals surface area contributed by atoms with Crippen molar-refractivity contribution in [1.82, 2.24) is 9.78 Å². The number of hydrogen-bond donors (Lipinski definition) is 0. The van der Waals surface area contributed by atoms with Crippen molar-refractivity contribution in [3.05, 3.63) is 42.2 Å². The van der Waals surface area contributed by atoms with Gasteiger partial charge in [0.2, 0.25) is 0 Å². The minimum Gasteiger partial charge on any atom is -0.454 e.